The summed E-state index contributed by atoms with van der Waals surface area (Å²) in [5.74, 6) is 0.444. The van der Waals surface area contributed by atoms with Gasteiger partial charge in [-0.05, 0) is 81.5 Å². The second-order valence-electron chi connectivity index (χ2n) is 8.79. The molecule has 4 rings (SSSR count). The van der Waals surface area contributed by atoms with Gasteiger partial charge in [0.25, 0.3) is 0 Å². The Morgan fingerprint density at radius 2 is 2.04 bits per heavy atom. The Morgan fingerprint density at radius 3 is 2.82 bits per heavy atom. The zero-order chi connectivity index (χ0) is 19.9. The van der Waals surface area contributed by atoms with Crippen molar-refractivity contribution in [3.8, 4) is 5.75 Å². The molecule has 1 spiro atoms. The summed E-state index contributed by atoms with van der Waals surface area (Å²) in [6, 6.07) is 11.6. The van der Waals surface area contributed by atoms with Crippen molar-refractivity contribution < 1.29 is 14.3 Å². The number of aryl methyl sites for hydroxylation is 1. The van der Waals surface area contributed by atoms with Gasteiger partial charge in [0.05, 0.1) is 17.9 Å². The van der Waals surface area contributed by atoms with Gasteiger partial charge >= 0.3 is 5.97 Å². The number of carbonyl (C=O) groups excluding carboxylic acids is 1. The molecule has 148 valence electrons. The number of rotatable bonds is 1. The molecule has 2 aromatic carbocycles. The van der Waals surface area contributed by atoms with E-state index in [0.717, 1.165) is 42.3 Å². The first-order chi connectivity index (χ1) is 13.3. The zero-order valence-electron chi connectivity index (χ0n) is 16.6. The maximum atomic E-state index is 12.4. The predicted molar refractivity (Wildman–Crippen MR) is 112 cm³/mol. The van der Waals surface area contributed by atoms with E-state index in [1.54, 1.807) is 6.07 Å². The predicted octanol–water partition coefficient (Wildman–Crippen LogP) is 5.37. The molecule has 1 N–H and O–H groups in total. The topological polar surface area (TPSA) is 47.6 Å². The quantitative estimate of drug-likeness (QED) is 0.654. The van der Waals surface area contributed by atoms with Gasteiger partial charge in [-0.25, -0.2) is 4.79 Å². The smallest absolute Gasteiger partial charge is 0.338 e. The Hall–Kier alpha value is -2.20. The van der Waals surface area contributed by atoms with Crippen LogP contribution in [0.2, 0.25) is 5.02 Å². The van der Waals surface area contributed by atoms with Crippen LogP contribution >= 0.6 is 11.6 Å². The summed E-state index contributed by atoms with van der Waals surface area (Å²) in [5, 5.41) is 4.31. The lowest BCUT2D eigenvalue weighted by atomic mass is 9.70. The number of esters is 1. The first-order valence-electron chi connectivity index (χ1n) is 9.79. The molecule has 0 radical (unpaired) electrons. The number of fused-ring (bicyclic) bond motifs is 3. The zero-order valence-corrected chi connectivity index (χ0v) is 17.4. The molecule has 1 aliphatic heterocycles. The van der Waals surface area contributed by atoms with Gasteiger partial charge in [-0.2, -0.15) is 0 Å². The molecule has 4 nitrogen and oxygen atoms in total. The number of hydrogen-bond donors (Lipinski definition) is 1. The lowest BCUT2D eigenvalue weighted by Gasteiger charge is -2.37. The molecule has 1 atom stereocenters. The van der Waals surface area contributed by atoms with Crippen LogP contribution in [0.3, 0.4) is 0 Å². The maximum Gasteiger partial charge on any atom is 0.338 e. The van der Waals surface area contributed by atoms with Crippen molar-refractivity contribution in [1.82, 2.24) is 0 Å². The van der Waals surface area contributed by atoms with E-state index < -0.39 is 5.60 Å². The van der Waals surface area contributed by atoms with Crippen LogP contribution in [0.5, 0.6) is 5.75 Å². The summed E-state index contributed by atoms with van der Waals surface area (Å²) in [5.41, 5.74) is 3.37. The number of anilines is 1. The lowest BCUT2D eigenvalue weighted by molar-refractivity contribution is 0.00695. The van der Waals surface area contributed by atoms with Crippen LogP contribution in [0.1, 0.15) is 55.1 Å². The van der Waals surface area contributed by atoms with Gasteiger partial charge in [0.2, 0.25) is 0 Å². The highest BCUT2D eigenvalue weighted by molar-refractivity contribution is 6.30. The normalized spacial score (nSPS) is 21.0. The fraction of sp³-hybridized carbons (Fsp3) is 0.435. The number of halogens is 1. The molecule has 0 saturated heterocycles. The molecule has 0 fully saturated rings. The van der Waals surface area contributed by atoms with E-state index in [9.17, 15) is 4.79 Å². The summed E-state index contributed by atoms with van der Waals surface area (Å²) < 4.78 is 11.7. The van der Waals surface area contributed by atoms with Gasteiger partial charge in [-0.1, -0.05) is 17.7 Å². The molecule has 0 bridgehead atoms. The molecule has 2 aromatic rings. The first-order valence-corrected chi connectivity index (χ1v) is 10.2. The van der Waals surface area contributed by atoms with E-state index in [2.05, 4.69) is 17.4 Å². The molecule has 2 aliphatic rings. The van der Waals surface area contributed by atoms with E-state index in [4.69, 9.17) is 21.1 Å². The van der Waals surface area contributed by atoms with E-state index >= 15 is 0 Å². The van der Waals surface area contributed by atoms with E-state index in [1.807, 2.05) is 39.0 Å². The van der Waals surface area contributed by atoms with Crippen molar-refractivity contribution in [3.05, 3.63) is 58.1 Å². The second kappa shape index (κ2) is 7.00. The molecule has 0 saturated carbocycles. The Bertz CT molecular complexity index is 919. The first kappa shape index (κ1) is 19.1. The number of carbonyl (C=O) groups is 1. The molecular weight excluding hydrogens is 374 g/mol. The summed E-state index contributed by atoms with van der Waals surface area (Å²) in [4.78, 5) is 12.4. The fourth-order valence-electron chi connectivity index (χ4n) is 4.16. The van der Waals surface area contributed by atoms with Crippen molar-refractivity contribution in [3.63, 3.8) is 0 Å². The van der Waals surface area contributed by atoms with Crippen molar-refractivity contribution in [2.24, 2.45) is 0 Å². The van der Waals surface area contributed by atoms with Crippen LogP contribution in [-0.2, 0) is 16.6 Å². The third-order valence-electron chi connectivity index (χ3n) is 5.48. The largest absolute Gasteiger partial charge is 0.490 e. The van der Waals surface area contributed by atoms with E-state index in [-0.39, 0.29) is 11.4 Å². The molecule has 5 heteroatoms. The fourth-order valence-corrected chi connectivity index (χ4v) is 4.36. The number of ether oxygens (including phenoxy) is 2. The average Bonchev–Trinajstić information content (AvgIpc) is 2.80. The number of hydrogen-bond acceptors (Lipinski definition) is 4. The van der Waals surface area contributed by atoms with Crippen LogP contribution in [0.15, 0.2) is 36.4 Å². The monoisotopic (exact) mass is 399 g/mol. The summed E-state index contributed by atoms with van der Waals surface area (Å²) >= 11 is 6.21. The van der Waals surface area contributed by atoms with E-state index in [1.165, 1.54) is 11.1 Å². The average molecular weight is 400 g/mol. The van der Waals surface area contributed by atoms with Crippen LogP contribution in [0.25, 0.3) is 0 Å². The summed E-state index contributed by atoms with van der Waals surface area (Å²) in [6.07, 6.45) is 3.22. The van der Waals surface area contributed by atoms with Gasteiger partial charge in [-0.15, -0.1) is 0 Å². The highest BCUT2D eigenvalue weighted by atomic mass is 35.5. The van der Waals surface area contributed by atoms with Crippen molar-refractivity contribution in [2.45, 2.75) is 51.0 Å². The van der Waals surface area contributed by atoms with Gasteiger partial charge in [-0.3, -0.25) is 0 Å². The molecule has 1 aliphatic carbocycles. The lowest BCUT2D eigenvalue weighted by Crippen LogP contribution is -2.41. The molecule has 1 heterocycles. The Labute approximate surface area is 171 Å². The standard InChI is InChI=1S/C23H26ClNO3/c1-22(2,3)28-21(26)16-6-9-20-19(12-16)25-13-23(14-27-20)10-4-5-15-11-17(24)7-8-18(15)23/h6-9,11-12,25H,4-5,10,13-14H2,1-3H3. The summed E-state index contributed by atoms with van der Waals surface area (Å²) in [6.45, 7) is 6.96. The van der Waals surface area contributed by atoms with Crippen molar-refractivity contribution in [1.29, 1.82) is 0 Å². The Morgan fingerprint density at radius 1 is 1.21 bits per heavy atom. The van der Waals surface area contributed by atoms with Gasteiger partial charge in [0.1, 0.15) is 11.4 Å². The molecule has 0 amide bonds. The third-order valence-corrected chi connectivity index (χ3v) is 5.71. The van der Waals surface area contributed by atoms with Gasteiger partial charge in [0, 0.05) is 17.0 Å². The minimum absolute atomic E-state index is 0.0940. The highest BCUT2D eigenvalue weighted by Gasteiger charge is 2.39. The molecular formula is C23H26ClNO3. The van der Waals surface area contributed by atoms with Crippen LogP contribution in [0, 0.1) is 0 Å². The second-order valence-corrected chi connectivity index (χ2v) is 9.23. The van der Waals surface area contributed by atoms with E-state index in [0.29, 0.717) is 12.2 Å². The van der Waals surface area contributed by atoms with Crippen LogP contribution < -0.4 is 10.1 Å². The molecule has 0 aromatic heterocycles. The minimum atomic E-state index is -0.523. The minimum Gasteiger partial charge on any atom is -0.490 e. The van der Waals surface area contributed by atoms with Gasteiger partial charge in [0.15, 0.2) is 0 Å². The van der Waals surface area contributed by atoms with Crippen molar-refractivity contribution >= 4 is 23.3 Å². The molecule has 1 unspecified atom stereocenters. The Kier molecular flexibility index (Phi) is 4.78. The maximum absolute atomic E-state index is 12.4. The highest BCUT2D eigenvalue weighted by Crippen LogP contribution is 2.42. The molecule has 28 heavy (non-hydrogen) atoms. The summed E-state index contributed by atoms with van der Waals surface area (Å²) in [7, 11) is 0. The van der Waals surface area contributed by atoms with Crippen LogP contribution in [-0.4, -0.2) is 24.7 Å². The van der Waals surface area contributed by atoms with Crippen molar-refractivity contribution in [2.75, 3.05) is 18.5 Å². The number of benzene rings is 2. The Balaban J connectivity index is 1.61. The SMILES string of the molecule is CC(C)(C)OC(=O)c1ccc2c(c1)NCC1(CCCc3cc(Cl)ccc31)CO2. The third kappa shape index (κ3) is 3.70. The van der Waals surface area contributed by atoms with Crippen LogP contribution in [0.4, 0.5) is 5.69 Å². The van der Waals surface area contributed by atoms with Gasteiger partial charge < -0.3 is 14.8 Å². The number of nitrogens with one attached hydrogen (secondary N) is 1.